The Kier molecular flexibility index (Phi) is 6.46. The molecule has 1 atom stereocenters. The number of carbonyl (C=O) groups is 2. The Morgan fingerprint density at radius 3 is 2.08 bits per heavy atom. The number of benzene rings is 2. The van der Waals surface area contributed by atoms with Gasteiger partial charge in [0.05, 0.1) is 12.5 Å². The van der Waals surface area contributed by atoms with E-state index in [1.807, 2.05) is 0 Å². The molecular formula is C17H15Cl2NO4. The van der Waals surface area contributed by atoms with E-state index in [4.69, 9.17) is 33.0 Å². The van der Waals surface area contributed by atoms with Crippen molar-refractivity contribution in [2.75, 3.05) is 6.61 Å². The molecule has 0 saturated carbocycles. The molecule has 2 aromatic rings. The minimum absolute atomic E-state index is 0.231. The average Bonchev–Trinajstić information content (AvgIpc) is 2.54. The molecular weight excluding hydrogens is 353 g/mol. The van der Waals surface area contributed by atoms with Crippen molar-refractivity contribution in [1.29, 1.82) is 0 Å². The van der Waals surface area contributed by atoms with Gasteiger partial charge >= 0.3 is 5.97 Å². The van der Waals surface area contributed by atoms with Gasteiger partial charge in [0.15, 0.2) is 6.61 Å². The first kappa shape index (κ1) is 18.1. The monoisotopic (exact) mass is 367 g/mol. The van der Waals surface area contributed by atoms with Crippen molar-refractivity contribution in [3.8, 4) is 5.75 Å². The minimum Gasteiger partial charge on any atom is -0.484 e. The fraction of sp³-hybridized carbons (Fsp3) is 0.176. The van der Waals surface area contributed by atoms with Gasteiger partial charge in [0.2, 0.25) is 0 Å². The first-order valence-electron chi connectivity index (χ1n) is 7.09. The van der Waals surface area contributed by atoms with Gasteiger partial charge in [-0.15, -0.1) is 0 Å². The first-order valence-corrected chi connectivity index (χ1v) is 7.84. The van der Waals surface area contributed by atoms with Crippen LogP contribution in [0.1, 0.15) is 18.0 Å². The van der Waals surface area contributed by atoms with Crippen LogP contribution in [-0.2, 0) is 9.59 Å². The van der Waals surface area contributed by atoms with Gasteiger partial charge in [0.25, 0.3) is 5.91 Å². The number of hydrogen-bond donors (Lipinski definition) is 2. The lowest BCUT2D eigenvalue weighted by atomic mass is 10.0. The van der Waals surface area contributed by atoms with E-state index in [9.17, 15) is 9.59 Å². The summed E-state index contributed by atoms with van der Waals surface area (Å²) in [4.78, 5) is 23.1. The maximum Gasteiger partial charge on any atom is 0.305 e. The molecule has 0 radical (unpaired) electrons. The van der Waals surface area contributed by atoms with Crippen molar-refractivity contribution in [2.24, 2.45) is 0 Å². The number of nitrogens with one attached hydrogen (secondary N) is 1. The van der Waals surface area contributed by atoms with Crippen molar-refractivity contribution in [1.82, 2.24) is 5.32 Å². The fourth-order valence-electron chi connectivity index (χ4n) is 2.04. The summed E-state index contributed by atoms with van der Waals surface area (Å²) in [6, 6.07) is 12.6. The highest BCUT2D eigenvalue weighted by atomic mass is 35.5. The van der Waals surface area contributed by atoms with Crippen molar-refractivity contribution in [3.63, 3.8) is 0 Å². The zero-order valence-electron chi connectivity index (χ0n) is 12.5. The highest BCUT2D eigenvalue weighted by molar-refractivity contribution is 6.30. The number of rotatable bonds is 7. The van der Waals surface area contributed by atoms with Crippen LogP contribution in [0.5, 0.6) is 5.75 Å². The molecule has 0 unspecified atom stereocenters. The van der Waals surface area contributed by atoms with Crippen LogP contribution in [0, 0.1) is 0 Å². The van der Waals surface area contributed by atoms with Crippen molar-refractivity contribution in [3.05, 3.63) is 64.1 Å². The molecule has 0 aliphatic rings. The Bertz CT molecular complexity index is 702. The zero-order valence-corrected chi connectivity index (χ0v) is 14.1. The lowest BCUT2D eigenvalue weighted by Crippen LogP contribution is -2.33. The van der Waals surface area contributed by atoms with E-state index < -0.39 is 17.9 Å². The highest BCUT2D eigenvalue weighted by Gasteiger charge is 2.18. The van der Waals surface area contributed by atoms with E-state index >= 15 is 0 Å². The third-order valence-corrected chi connectivity index (χ3v) is 3.67. The molecule has 1 amide bonds. The Morgan fingerprint density at radius 2 is 1.54 bits per heavy atom. The summed E-state index contributed by atoms with van der Waals surface area (Å²) < 4.78 is 5.34. The standard InChI is InChI=1S/C17H15Cl2NO4/c18-12-3-1-11(2-4-12)15(9-17(22)23)20-16(21)10-24-14-7-5-13(19)6-8-14/h1-8,15H,9-10H2,(H,20,21)(H,22,23)/t15-/m1/s1. The van der Waals surface area contributed by atoms with Crippen LogP contribution in [0.4, 0.5) is 0 Å². The van der Waals surface area contributed by atoms with Gasteiger partial charge in [-0.25, -0.2) is 0 Å². The SMILES string of the molecule is O=C(O)C[C@@H](NC(=O)COc1ccc(Cl)cc1)c1ccc(Cl)cc1. The fourth-order valence-corrected chi connectivity index (χ4v) is 2.29. The summed E-state index contributed by atoms with van der Waals surface area (Å²) in [5.41, 5.74) is 0.654. The number of amides is 1. The number of aliphatic carboxylic acids is 1. The number of carboxylic acid groups (broad SMARTS) is 1. The van der Waals surface area contributed by atoms with Crippen LogP contribution < -0.4 is 10.1 Å². The number of halogens is 2. The van der Waals surface area contributed by atoms with Crippen LogP contribution in [0.2, 0.25) is 10.0 Å². The maximum absolute atomic E-state index is 12.0. The van der Waals surface area contributed by atoms with Crippen LogP contribution in [0.25, 0.3) is 0 Å². The molecule has 0 spiro atoms. The normalized spacial score (nSPS) is 11.6. The molecule has 0 fully saturated rings. The van der Waals surface area contributed by atoms with E-state index in [0.717, 1.165) is 0 Å². The van der Waals surface area contributed by atoms with E-state index in [-0.39, 0.29) is 13.0 Å². The largest absolute Gasteiger partial charge is 0.484 e. The Hall–Kier alpha value is -2.24. The third kappa shape index (κ3) is 5.76. The predicted molar refractivity (Wildman–Crippen MR) is 91.5 cm³/mol. The summed E-state index contributed by atoms with van der Waals surface area (Å²) in [6.45, 7) is -0.231. The Labute approximate surface area is 149 Å². The minimum atomic E-state index is -1.02. The van der Waals surface area contributed by atoms with Gasteiger partial charge in [0.1, 0.15) is 5.75 Å². The number of carboxylic acids is 1. The Morgan fingerprint density at radius 1 is 1.00 bits per heavy atom. The molecule has 7 heteroatoms. The molecule has 2 rings (SSSR count). The molecule has 2 aromatic carbocycles. The van der Waals surface area contributed by atoms with Crippen LogP contribution in [0.15, 0.2) is 48.5 Å². The van der Waals surface area contributed by atoms with E-state index in [0.29, 0.717) is 21.4 Å². The molecule has 5 nitrogen and oxygen atoms in total. The van der Waals surface area contributed by atoms with Gasteiger partial charge in [0, 0.05) is 10.0 Å². The molecule has 0 saturated heterocycles. The second-order valence-corrected chi connectivity index (χ2v) is 5.88. The first-order chi connectivity index (χ1) is 11.4. The van der Waals surface area contributed by atoms with E-state index in [1.54, 1.807) is 48.5 Å². The molecule has 24 heavy (non-hydrogen) atoms. The van der Waals surface area contributed by atoms with Gasteiger partial charge in [-0.2, -0.15) is 0 Å². The topological polar surface area (TPSA) is 75.6 Å². The summed E-state index contributed by atoms with van der Waals surface area (Å²) >= 11 is 11.6. The molecule has 2 N–H and O–H groups in total. The van der Waals surface area contributed by atoms with Crippen molar-refractivity contribution >= 4 is 35.1 Å². The van der Waals surface area contributed by atoms with Crippen LogP contribution in [-0.4, -0.2) is 23.6 Å². The van der Waals surface area contributed by atoms with Gasteiger partial charge in [-0.05, 0) is 42.0 Å². The summed E-state index contributed by atoms with van der Waals surface area (Å²) in [5, 5.41) is 12.8. The second kappa shape index (κ2) is 8.57. The second-order valence-electron chi connectivity index (χ2n) is 5.01. The predicted octanol–water partition coefficient (Wildman–Crippen LogP) is 3.70. The summed E-state index contributed by atoms with van der Waals surface area (Å²) in [6.07, 6.45) is -0.242. The zero-order chi connectivity index (χ0) is 17.5. The number of carbonyl (C=O) groups excluding carboxylic acids is 1. The lowest BCUT2D eigenvalue weighted by molar-refractivity contribution is -0.137. The smallest absolute Gasteiger partial charge is 0.305 e. The third-order valence-electron chi connectivity index (χ3n) is 3.17. The van der Waals surface area contributed by atoms with Gasteiger partial charge < -0.3 is 15.2 Å². The lowest BCUT2D eigenvalue weighted by Gasteiger charge is -2.18. The van der Waals surface area contributed by atoms with Gasteiger partial charge in [-0.3, -0.25) is 9.59 Å². The maximum atomic E-state index is 12.0. The van der Waals surface area contributed by atoms with E-state index in [2.05, 4.69) is 5.32 Å². The molecule has 0 bridgehead atoms. The Balaban J connectivity index is 1.97. The molecule has 0 heterocycles. The van der Waals surface area contributed by atoms with Crippen molar-refractivity contribution < 1.29 is 19.4 Å². The van der Waals surface area contributed by atoms with Crippen molar-refractivity contribution in [2.45, 2.75) is 12.5 Å². The average molecular weight is 368 g/mol. The molecule has 0 aliphatic carbocycles. The number of hydrogen-bond acceptors (Lipinski definition) is 3. The molecule has 0 aliphatic heterocycles. The highest BCUT2D eigenvalue weighted by Crippen LogP contribution is 2.20. The molecule has 126 valence electrons. The quantitative estimate of drug-likeness (QED) is 0.781. The number of ether oxygens (including phenoxy) is 1. The summed E-state index contributed by atoms with van der Waals surface area (Å²) in [5.74, 6) is -0.948. The van der Waals surface area contributed by atoms with Gasteiger partial charge in [-0.1, -0.05) is 35.3 Å². The summed E-state index contributed by atoms with van der Waals surface area (Å²) in [7, 11) is 0. The molecule has 0 aromatic heterocycles. The van der Waals surface area contributed by atoms with Crippen LogP contribution >= 0.6 is 23.2 Å². The van der Waals surface area contributed by atoms with E-state index in [1.165, 1.54) is 0 Å². The van der Waals surface area contributed by atoms with Crippen LogP contribution in [0.3, 0.4) is 0 Å².